The standard InChI is InChI=1S/C9H15N3O2/c1-9(2,5-8(13)14)6-4-7(10)12(3)11-6/h4H,5,10H2,1-3H3,(H,13,14). The highest BCUT2D eigenvalue weighted by Gasteiger charge is 2.27. The fourth-order valence-electron chi connectivity index (χ4n) is 1.28. The first-order chi connectivity index (χ1) is 6.33. The molecule has 0 spiro atoms. The molecule has 1 rings (SSSR count). The lowest BCUT2D eigenvalue weighted by molar-refractivity contribution is -0.138. The van der Waals surface area contributed by atoms with Gasteiger partial charge in [0.2, 0.25) is 0 Å². The summed E-state index contributed by atoms with van der Waals surface area (Å²) in [6.07, 6.45) is 0.0451. The Bertz CT molecular complexity index is 335. The molecule has 0 amide bonds. The quantitative estimate of drug-likeness (QED) is 0.749. The van der Waals surface area contributed by atoms with Crippen molar-refractivity contribution in [2.24, 2.45) is 7.05 Å². The van der Waals surface area contributed by atoms with Gasteiger partial charge < -0.3 is 10.8 Å². The van der Waals surface area contributed by atoms with Crippen molar-refractivity contribution in [2.45, 2.75) is 25.7 Å². The molecule has 0 atom stereocenters. The van der Waals surface area contributed by atoms with Gasteiger partial charge >= 0.3 is 5.97 Å². The minimum Gasteiger partial charge on any atom is -0.481 e. The van der Waals surface area contributed by atoms with E-state index in [2.05, 4.69) is 5.10 Å². The van der Waals surface area contributed by atoms with Crippen LogP contribution in [-0.2, 0) is 17.3 Å². The van der Waals surface area contributed by atoms with Crippen molar-refractivity contribution >= 4 is 11.8 Å². The van der Waals surface area contributed by atoms with Crippen LogP contribution >= 0.6 is 0 Å². The van der Waals surface area contributed by atoms with Crippen LogP contribution in [0.25, 0.3) is 0 Å². The fourth-order valence-corrected chi connectivity index (χ4v) is 1.28. The fraction of sp³-hybridized carbons (Fsp3) is 0.556. The summed E-state index contributed by atoms with van der Waals surface area (Å²) in [5, 5.41) is 12.9. The van der Waals surface area contributed by atoms with Crippen LogP contribution in [0.3, 0.4) is 0 Å². The molecule has 1 aromatic heterocycles. The molecule has 14 heavy (non-hydrogen) atoms. The maximum atomic E-state index is 10.6. The molecule has 3 N–H and O–H groups in total. The van der Waals surface area contributed by atoms with Gasteiger partial charge in [-0.05, 0) is 0 Å². The molecule has 0 saturated carbocycles. The van der Waals surface area contributed by atoms with Crippen LogP contribution in [0.5, 0.6) is 0 Å². The zero-order valence-corrected chi connectivity index (χ0v) is 8.61. The number of anilines is 1. The predicted molar refractivity (Wildman–Crippen MR) is 52.9 cm³/mol. The van der Waals surface area contributed by atoms with Gasteiger partial charge in [-0.3, -0.25) is 9.48 Å². The normalized spacial score (nSPS) is 11.6. The molecule has 1 heterocycles. The Morgan fingerprint density at radius 1 is 1.71 bits per heavy atom. The van der Waals surface area contributed by atoms with Crippen LogP contribution in [0.2, 0.25) is 0 Å². The Morgan fingerprint density at radius 2 is 2.29 bits per heavy atom. The second-order valence-electron chi connectivity index (χ2n) is 4.03. The number of hydrogen-bond donors (Lipinski definition) is 2. The van der Waals surface area contributed by atoms with E-state index in [0.717, 1.165) is 0 Å². The van der Waals surface area contributed by atoms with Crippen molar-refractivity contribution in [1.29, 1.82) is 0 Å². The Kier molecular flexibility index (Phi) is 2.51. The number of nitrogens with two attached hydrogens (primary N) is 1. The molecule has 78 valence electrons. The molecule has 0 unspecified atom stereocenters. The van der Waals surface area contributed by atoms with Gasteiger partial charge in [0.1, 0.15) is 5.82 Å². The Labute approximate surface area is 82.5 Å². The lowest BCUT2D eigenvalue weighted by Gasteiger charge is -2.19. The third kappa shape index (κ3) is 2.04. The monoisotopic (exact) mass is 197 g/mol. The van der Waals surface area contributed by atoms with E-state index in [1.807, 2.05) is 13.8 Å². The molecule has 0 fully saturated rings. The lowest BCUT2D eigenvalue weighted by Crippen LogP contribution is -2.22. The summed E-state index contributed by atoms with van der Waals surface area (Å²) >= 11 is 0. The number of aromatic nitrogens is 2. The van der Waals surface area contributed by atoms with Gasteiger partial charge in [0.25, 0.3) is 0 Å². The zero-order chi connectivity index (χ0) is 10.9. The number of nitrogen functional groups attached to an aromatic ring is 1. The van der Waals surface area contributed by atoms with Crippen molar-refractivity contribution in [1.82, 2.24) is 9.78 Å². The van der Waals surface area contributed by atoms with E-state index in [0.29, 0.717) is 11.5 Å². The Morgan fingerprint density at radius 3 is 2.64 bits per heavy atom. The summed E-state index contributed by atoms with van der Waals surface area (Å²) < 4.78 is 1.54. The molecular weight excluding hydrogens is 182 g/mol. The third-order valence-corrected chi connectivity index (χ3v) is 2.20. The highest BCUT2D eigenvalue weighted by Crippen LogP contribution is 2.26. The van der Waals surface area contributed by atoms with E-state index in [9.17, 15) is 4.79 Å². The first-order valence-corrected chi connectivity index (χ1v) is 4.35. The number of aryl methyl sites for hydroxylation is 1. The van der Waals surface area contributed by atoms with E-state index < -0.39 is 11.4 Å². The number of aliphatic carboxylic acids is 1. The van der Waals surface area contributed by atoms with Crippen molar-refractivity contribution in [3.05, 3.63) is 11.8 Å². The van der Waals surface area contributed by atoms with E-state index in [1.165, 1.54) is 0 Å². The van der Waals surface area contributed by atoms with Crippen LogP contribution in [-0.4, -0.2) is 20.9 Å². The molecule has 5 nitrogen and oxygen atoms in total. The van der Waals surface area contributed by atoms with Gasteiger partial charge in [-0.15, -0.1) is 0 Å². The van der Waals surface area contributed by atoms with E-state index in [1.54, 1.807) is 17.8 Å². The second-order valence-corrected chi connectivity index (χ2v) is 4.03. The molecule has 0 aliphatic carbocycles. The van der Waals surface area contributed by atoms with Gasteiger partial charge in [0.05, 0.1) is 12.1 Å². The van der Waals surface area contributed by atoms with Crippen molar-refractivity contribution in [2.75, 3.05) is 5.73 Å². The molecule has 0 aliphatic rings. The number of rotatable bonds is 3. The van der Waals surface area contributed by atoms with Crippen LogP contribution in [0.4, 0.5) is 5.82 Å². The summed E-state index contributed by atoms with van der Waals surface area (Å²) in [5.41, 5.74) is 5.84. The molecule has 0 radical (unpaired) electrons. The highest BCUT2D eigenvalue weighted by molar-refractivity contribution is 5.68. The van der Waals surface area contributed by atoms with Crippen LogP contribution in [0.1, 0.15) is 26.0 Å². The Hall–Kier alpha value is -1.52. The number of hydrogen-bond acceptors (Lipinski definition) is 3. The minimum atomic E-state index is -0.834. The number of carboxylic acid groups (broad SMARTS) is 1. The lowest BCUT2D eigenvalue weighted by atomic mass is 9.86. The Balaban J connectivity index is 2.97. The van der Waals surface area contributed by atoms with E-state index in [4.69, 9.17) is 10.8 Å². The summed E-state index contributed by atoms with van der Waals surface area (Å²) in [5.74, 6) is -0.294. The molecule has 5 heteroatoms. The maximum Gasteiger partial charge on any atom is 0.304 e. The molecular formula is C9H15N3O2. The predicted octanol–water partition coefficient (Wildman–Crippen LogP) is 0.755. The SMILES string of the molecule is Cn1nc(C(C)(C)CC(=O)O)cc1N. The highest BCUT2D eigenvalue weighted by atomic mass is 16.4. The van der Waals surface area contributed by atoms with E-state index in [-0.39, 0.29) is 6.42 Å². The first-order valence-electron chi connectivity index (χ1n) is 4.35. The number of carboxylic acids is 1. The van der Waals surface area contributed by atoms with Gasteiger partial charge in [-0.2, -0.15) is 5.10 Å². The van der Waals surface area contributed by atoms with Crippen molar-refractivity contribution in [3.63, 3.8) is 0 Å². The molecule has 1 aromatic rings. The molecule has 0 aromatic carbocycles. The van der Waals surface area contributed by atoms with Crippen molar-refractivity contribution in [3.8, 4) is 0 Å². The summed E-state index contributed by atoms with van der Waals surface area (Å²) in [4.78, 5) is 10.6. The van der Waals surface area contributed by atoms with Crippen LogP contribution < -0.4 is 5.73 Å². The van der Waals surface area contributed by atoms with Crippen molar-refractivity contribution < 1.29 is 9.90 Å². The van der Waals surface area contributed by atoms with Gasteiger partial charge in [0, 0.05) is 18.5 Å². The summed E-state index contributed by atoms with van der Waals surface area (Å²) in [6.45, 7) is 3.67. The average Bonchev–Trinajstić information content (AvgIpc) is 2.30. The van der Waals surface area contributed by atoms with Gasteiger partial charge in [-0.1, -0.05) is 13.8 Å². The molecule has 0 bridgehead atoms. The van der Waals surface area contributed by atoms with Gasteiger partial charge in [0.15, 0.2) is 0 Å². The summed E-state index contributed by atoms with van der Waals surface area (Å²) in [6, 6.07) is 1.71. The largest absolute Gasteiger partial charge is 0.481 e. The smallest absolute Gasteiger partial charge is 0.304 e. The van der Waals surface area contributed by atoms with Crippen LogP contribution in [0.15, 0.2) is 6.07 Å². The van der Waals surface area contributed by atoms with Gasteiger partial charge in [-0.25, -0.2) is 0 Å². The van der Waals surface area contributed by atoms with Crippen LogP contribution in [0, 0.1) is 0 Å². The summed E-state index contributed by atoms with van der Waals surface area (Å²) in [7, 11) is 1.73. The number of nitrogens with zero attached hydrogens (tertiary/aromatic N) is 2. The average molecular weight is 197 g/mol. The molecule has 0 aliphatic heterocycles. The molecule has 0 saturated heterocycles. The third-order valence-electron chi connectivity index (χ3n) is 2.20. The van der Waals surface area contributed by atoms with E-state index >= 15 is 0 Å². The first kappa shape index (κ1) is 10.6. The zero-order valence-electron chi connectivity index (χ0n) is 8.61. The number of carbonyl (C=O) groups is 1. The minimum absolute atomic E-state index is 0.0451. The second kappa shape index (κ2) is 3.32. The topological polar surface area (TPSA) is 81.1 Å². The maximum absolute atomic E-state index is 10.6.